The van der Waals surface area contributed by atoms with Crippen LogP contribution in [0.3, 0.4) is 0 Å². The number of aliphatic imine (C=N–C) groups is 1. The van der Waals surface area contributed by atoms with Crippen molar-refractivity contribution in [1.29, 1.82) is 0 Å². The van der Waals surface area contributed by atoms with E-state index in [2.05, 4.69) is 21.7 Å². The van der Waals surface area contributed by atoms with E-state index in [0.29, 0.717) is 25.4 Å². The second kappa shape index (κ2) is 13.6. The summed E-state index contributed by atoms with van der Waals surface area (Å²) in [6.07, 6.45) is 1.83. The van der Waals surface area contributed by atoms with Gasteiger partial charge in [0.15, 0.2) is 17.5 Å². The number of hydrogen-bond acceptors (Lipinski definition) is 4. The Bertz CT molecular complexity index is 813. The zero-order chi connectivity index (χ0) is 21.6. The van der Waals surface area contributed by atoms with E-state index in [1.807, 2.05) is 56.3 Å². The van der Waals surface area contributed by atoms with Crippen LogP contribution in [0.25, 0.3) is 0 Å². The van der Waals surface area contributed by atoms with E-state index < -0.39 is 10.8 Å². The molecule has 0 aliphatic heterocycles. The fourth-order valence-corrected chi connectivity index (χ4v) is 3.90. The van der Waals surface area contributed by atoms with E-state index in [0.717, 1.165) is 41.7 Å². The van der Waals surface area contributed by atoms with E-state index in [4.69, 9.17) is 9.47 Å². The number of ether oxygens (including phenoxy) is 2. The number of nitrogens with one attached hydrogen (secondary N) is 2. The van der Waals surface area contributed by atoms with E-state index >= 15 is 0 Å². The Kier molecular flexibility index (Phi) is 10.8. The highest BCUT2D eigenvalue weighted by molar-refractivity contribution is 7.85. The third-order valence-electron chi connectivity index (χ3n) is 4.35. The quantitative estimate of drug-likeness (QED) is 0.306. The molecule has 30 heavy (non-hydrogen) atoms. The first-order valence-corrected chi connectivity index (χ1v) is 11.7. The summed E-state index contributed by atoms with van der Waals surface area (Å²) < 4.78 is 23.3. The van der Waals surface area contributed by atoms with E-state index in [1.54, 1.807) is 7.11 Å². The minimum Gasteiger partial charge on any atom is -0.493 e. The molecule has 0 heterocycles. The molecule has 0 amide bonds. The van der Waals surface area contributed by atoms with E-state index in [1.165, 1.54) is 5.56 Å². The number of benzene rings is 2. The molecule has 0 fully saturated rings. The molecule has 2 aromatic carbocycles. The first kappa shape index (κ1) is 23.7. The first-order valence-electron chi connectivity index (χ1n) is 10.4. The van der Waals surface area contributed by atoms with Crippen LogP contribution in [0.15, 0.2) is 58.4 Å². The van der Waals surface area contributed by atoms with Crippen LogP contribution in [0.2, 0.25) is 0 Å². The van der Waals surface area contributed by atoms with Crippen LogP contribution in [0.4, 0.5) is 0 Å². The van der Waals surface area contributed by atoms with Gasteiger partial charge in [0.25, 0.3) is 0 Å². The maximum Gasteiger partial charge on any atom is 0.191 e. The molecule has 2 aromatic rings. The van der Waals surface area contributed by atoms with Crippen molar-refractivity contribution in [2.75, 3.05) is 39.1 Å². The van der Waals surface area contributed by atoms with Crippen molar-refractivity contribution < 1.29 is 13.7 Å². The molecular weight excluding hydrogens is 398 g/mol. The van der Waals surface area contributed by atoms with Gasteiger partial charge in [0, 0.05) is 30.3 Å². The summed E-state index contributed by atoms with van der Waals surface area (Å²) >= 11 is 0. The molecule has 0 aliphatic carbocycles. The summed E-state index contributed by atoms with van der Waals surface area (Å²) in [5.74, 6) is 2.83. The Morgan fingerprint density at radius 2 is 1.87 bits per heavy atom. The molecule has 0 saturated heterocycles. The average molecular weight is 432 g/mol. The SMILES string of the molecule is CCNC(=NCCCc1ccc(OC)c(OCC)c1)NCCS(=O)c1ccccc1. The van der Waals surface area contributed by atoms with Gasteiger partial charge in [-0.2, -0.15) is 0 Å². The molecule has 2 N–H and O–H groups in total. The third kappa shape index (κ3) is 8.06. The summed E-state index contributed by atoms with van der Waals surface area (Å²) in [5, 5.41) is 6.51. The highest BCUT2D eigenvalue weighted by Crippen LogP contribution is 2.28. The molecule has 0 radical (unpaired) electrons. The van der Waals surface area contributed by atoms with Crippen molar-refractivity contribution >= 4 is 16.8 Å². The van der Waals surface area contributed by atoms with Gasteiger partial charge in [-0.3, -0.25) is 9.20 Å². The van der Waals surface area contributed by atoms with Crippen LogP contribution >= 0.6 is 0 Å². The fourth-order valence-electron chi connectivity index (χ4n) is 2.91. The van der Waals surface area contributed by atoms with Crippen LogP contribution in [-0.2, 0) is 17.2 Å². The predicted molar refractivity (Wildman–Crippen MR) is 124 cm³/mol. The first-order chi connectivity index (χ1) is 14.7. The number of hydrogen-bond donors (Lipinski definition) is 2. The summed E-state index contributed by atoms with van der Waals surface area (Å²) in [7, 11) is 0.639. The van der Waals surface area contributed by atoms with Crippen LogP contribution in [0, 0.1) is 0 Å². The van der Waals surface area contributed by atoms with Crippen molar-refractivity contribution in [3.8, 4) is 11.5 Å². The van der Waals surface area contributed by atoms with Crippen molar-refractivity contribution in [3.05, 3.63) is 54.1 Å². The number of methoxy groups -OCH3 is 1. The van der Waals surface area contributed by atoms with Gasteiger partial charge >= 0.3 is 0 Å². The third-order valence-corrected chi connectivity index (χ3v) is 5.72. The molecule has 0 spiro atoms. The summed E-state index contributed by atoms with van der Waals surface area (Å²) in [5.41, 5.74) is 1.20. The highest BCUT2D eigenvalue weighted by atomic mass is 32.2. The van der Waals surface area contributed by atoms with Gasteiger partial charge in [-0.05, 0) is 56.5 Å². The van der Waals surface area contributed by atoms with Crippen molar-refractivity contribution in [3.63, 3.8) is 0 Å². The Labute approximate surface area is 182 Å². The van der Waals surface area contributed by atoms with Gasteiger partial charge < -0.3 is 20.1 Å². The maximum atomic E-state index is 12.3. The summed E-state index contributed by atoms with van der Waals surface area (Å²) in [4.78, 5) is 5.48. The lowest BCUT2D eigenvalue weighted by Gasteiger charge is -2.12. The van der Waals surface area contributed by atoms with E-state index in [-0.39, 0.29) is 0 Å². The van der Waals surface area contributed by atoms with Crippen molar-refractivity contribution in [2.24, 2.45) is 4.99 Å². The number of rotatable bonds is 12. The Morgan fingerprint density at radius 1 is 1.07 bits per heavy atom. The molecule has 7 heteroatoms. The largest absolute Gasteiger partial charge is 0.493 e. The highest BCUT2D eigenvalue weighted by Gasteiger charge is 2.06. The molecule has 0 aromatic heterocycles. The minimum atomic E-state index is -1.01. The molecule has 0 aliphatic rings. The van der Waals surface area contributed by atoms with Crippen LogP contribution < -0.4 is 20.1 Å². The number of guanidine groups is 1. The zero-order valence-corrected chi connectivity index (χ0v) is 19.0. The minimum absolute atomic E-state index is 0.542. The van der Waals surface area contributed by atoms with Gasteiger partial charge in [0.1, 0.15) is 0 Å². The predicted octanol–water partition coefficient (Wildman–Crippen LogP) is 3.39. The van der Waals surface area contributed by atoms with E-state index in [9.17, 15) is 4.21 Å². The standard InChI is InChI=1S/C23H33N3O3S/c1-4-24-23(26-16-17-30(27)20-11-7-6-8-12-20)25-15-9-10-19-13-14-21(28-3)22(18-19)29-5-2/h6-8,11-14,18H,4-5,9-10,15-17H2,1-3H3,(H2,24,25,26). The Hall–Kier alpha value is -2.54. The second-order valence-corrected chi connectivity index (χ2v) is 8.14. The van der Waals surface area contributed by atoms with Gasteiger partial charge in [0.05, 0.1) is 24.5 Å². The molecule has 0 bridgehead atoms. The monoisotopic (exact) mass is 431 g/mol. The maximum absolute atomic E-state index is 12.3. The molecule has 0 saturated carbocycles. The zero-order valence-electron chi connectivity index (χ0n) is 18.1. The Morgan fingerprint density at radius 3 is 2.57 bits per heavy atom. The summed E-state index contributed by atoms with van der Waals surface area (Å²) in [6, 6.07) is 15.6. The van der Waals surface area contributed by atoms with Crippen LogP contribution in [0.1, 0.15) is 25.8 Å². The Balaban J connectivity index is 1.80. The van der Waals surface area contributed by atoms with Gasteiger partial charge in [-0.15, -0.1) is 0 Å². The lowest BCUT2D eigenvalue weighted by molar-refractivity contribution is 0.310. The lowest BCUT2D eigenvalue weighted by Crippen LogP contribution is -2.39. The van der Waals surface area contributed by atoms with Gasteiger partial charge in [0.2, 0.25) is 0 Å². The topological polar surface area (TPSA) is 72.0 Å². The van der Waals surface area contributed by atoms with Crippen LogP contribution in [0.5, 0.6) is 11.5 Å². The second-order valence-electron chi connectivity index (χ2n) is 6.57. The number of nitrogens with zero attached hydrogens (tertiary/aromatic N) is 1. The fraction of sp³-hybridized carbons (Fsp3) is 0.435. The molecule has 1 atom stereocenters. The van der Waals surface area contributed by atoms with Crippen LogP contribution in [-0.4, -0.2) is 49.3 Å². The van der Waals surface area contributed by atoms with Crippen molar-refractivity contribution in [1.82, 2.24) is 10.6 Å². The molecule has 6 nitrogen and oxygen atoms in total. The molecular formula is C23H33N3O3S. The lowest BCUT2D eigenvalue weighted by atomic mass is 10.1. The molecule has 2 rings (SSSR count). The molecule has 1 unspecified atom stereocenters. The average Bonchev–Trinajstić information content (AvgIpc) is 2.77. The summed E-state index contributed by atoms with van der Waals surface area (Å²) in [6.45, 7) is 6.69. The number of aryl methyl sites for hydroxylation is 1. The molecule has 164 valence electrons. The van der Waals surface area contributed by atoms with Gasteiger partial charge in [-0.1, -0.05) is 24.3 Å². The van der Waals surface area contributed by atoms with Gasteiger partial charge in [-0.25, -0.2) is 0 Å². The van der Waals surface area contributed by atoms with Crippen molar-refractivity contribution in [2.45, 2.75) is 31.6 Å². The normalized spacial score (nSPS) is 12.3. The smallest absolute Gasteiger partial charge is 0.191 e.